The molecule has 2 heterocycles. The third-order valence-corrected chi connectivity index (χ3v) is 4.81. The first-order chi connectivity index (χ1) is 12.4. The number of ketones is 1. The van der Waals surface area contributed by atoms with E-state index >= 15 is 0 Å². The molecule has 1 aliphatic rings. The molecule has 1 aromatic carbocycles. The molecule has 3 rings (SSSR count). The summed E-state index contributed by atoms with van der Waals surface area (Å²) in [5.41, 5.74) is 0.509. The van der Waals surface area contributed by atoms with Crippen molar-refractivity contribution in [2.24, 2.45) is 0 Å². The summed E-state index contributed by atoms with van der Waals surface area (Å²) >= 11 is 5.87. The lowest BCUT2D eigenvalue weighted by atomic mass is 10.1. The Labute approximate surface area is 156 Å². The fraction of sp³-hybridized carbons (Fsp3) is 0.412. The number of imidazole rings is 1. The molecule has 8 nitrogen and oxygen atoms in total. The zero-order chi connectivity index (χ0) is 18.8. The highest BCUT2D eigenvalue weighted by atomic mass is 35.5. The lowest BCUT2D eigenvalue weighted by Crippen LogP contribution is -2.45. The van der Waals surface area contributed by atoms with Crippen LogP contribution in [-0.2, 0) is 6.54 Å². The van der Waals surface area contributed by atoms with E-state index < -0.39 is 4.92 Å². The number of carbonyl (C=O) groups excluding carboxylic acids is 1. The molecule has 0 radical (unpaired) electrons. The minimum absolute atomic E-state index is 0.00399. The molecule has 138 valence electrons. The average Bonchev–Trinajstić information content (AvgIpc) is 2.93. The maximum absolute atomic E-state index is 12.7. The quantitative estimate of drug-likeness (QED) is 0.452. The summed E-state index contributed by atoms with van der Waals surface area (Å²) in [6.45, 7) is 4.58. The van der Waals surface area contributed by atoms with Crippen LogP contribution in [0.2, 0.25) is 5.02 Å². The third-order valence-electron chi connectivity index (χ3n) is 4.56. The molecular weight excluding hydrogens is 358 g/mol. The number of rotatable bonds is 5. The Balaban J connectivity index is 1.94. The van der Waals surface area contributed by atoms with Crippen molar-refractivity contribution in [3.05, 3.63) is 50.8 Å². The highest BCUT2D eigenvalue weighted by molar-refractivity contribution is 6.30. The molecule has 0 bridgehead atoms. The molecule has 2 aromatic rings. The maximum Gasteiger partial charge on any atom is 0.406 e. The van der Waals surface area contributed by atoms with Gasteiger partial charge in [-0.3, -0.25) is 9.36 Å². The summed E-state index contributed by atoms with van der Waals surface area (Å²) in [5.74, 6) is 0.513. The van der Waals surface area contributed by atoms with Crippen LogP contribution < -0.4 is 4.90 Å². The zero-order valence-electron chi connectivity index (χ0n) is 14.7. The van der Waals surface area contributed by atoms with E-state index in [1.165, 1.54) is 0 Å². The third kappa shape index (κ3) is 3.71. The van der Waals surface area contributed by atoms with E-state index in [4.69, 9.17) is 11.6 Å². The van der Waals surface area contributed by atoms with E-state index in [1.54, 1.807) is 35.8 Å². The van der Waals surface area contributed by atoms with Gasteiger partial charge in [0, 0.05) is 43.7 Å². The SMILES string of the molecule is Cc1nc([N+](=O)[O-])c(N2CCN(C)CC2)n1CC(=O)c1ccc(Cl)cc1. The highest BCUT2D eigenvalue weighted by Gasteiger charge is 2.32. The Morgan fingerprint density at radius 3 is 2.42 bits per heavy atom. The number of aryl methyl sites for hydroxylation is 1. The smallest absolute Gasteiger partial charge is 0.358 e. The summed E-state index contributed by atoms with van der Waals surface area (Å²) < 4.78 is 1.64. The lowest BCUT2D eigenvalue weighted by molar-refractivity contribution is -0.388. The van der Waals surface area contributed by atoms with Crippen molar-refractivity contribution in [1.29, 1.82) is 0 Å². The van der Waals surface area contributed by atoms with Gasteiger partial charge in [0.25, 0.3) is 0 Å². The molecule has 0 aliphatic carbocycles. The van der Waals surface area contributed by atoms with Gasteiger partial charge < -0.3 is 19.9 Å². The summed E-state index contributed by atoms with van der Waals surface area (Å²) in [4.78, 5) is 31.9. The Morgan fingerprint density at radius 2 is 1.85 bits per heavy atom. The molecule has 0 spiro atoms. The van der Waals surface area contributed by atoms with Crippen LogP contribution in [-0.4, -0.2) is 58.4 Å². The van der Waals surface area contributed by atoms with Crippen molar-refractivity contribution in [1.82, 2.24) is 14.5 Å². The number of anilines is 1. The maximum atomic E-state index is 12.7. The second-order valence-corrected chi connectivity index (χ2v) is 6.81. The van der Waals surface area contributed by atoms with Crippen LogP contribution in [0.15, 0.2) is 24.3 Å². The first-order valence-corrected chi connectivity index (χ1v) is 8.68. The van der Waals surface area contributed by atoms with Gasteiger partial charge >= 0.3 is 5.82 Å². The molecule has 0 amide bonds. The molecule has 9 heteroatoms. The predicted octanol–water partition coefficient (Wildman–Crippen LogP) is 2.39. The summed E-state index contributed by atoms with van der Waals surface area (Å²) in [6, 6.07) is 6.61. The molecule has 26 heavy (non-hydrogen) atoms. The fourth-order valence-corrected chi connectivity index (χ4v) is 3.18. The van der Waals surface area contributed by atoms with Crippen molar-refractivity contribution in [2.75, 3.05) is 38.1 Å². The number of nitrogens with zero attached hydrogens (tertiary/aromatic N) is 5. The molecular formula is C17H20ClN5O3. The number of hydrogen-bond acceptors (Lipinski definition) is 6. The van der Waals surface area contributed by atoms with Gasteiger partial charge in [-0.05, 0) is 41.2 Å². The van der Waals surface area contributed by atoms with E-state index in [9.17, 15) is 14.9 Å². The number of benzene rings is 1. The zero-order valence-corrected chi connectivity index (χ0v) is 15.4. The first-order valence-electron chi connectivity index (χ1n) is 8.30. The number of hydrogen-bond donors (Lipinski definition) is 0. The number of halogens is 1. The Hall–Kier alpha value is -2.45. The molecule has 1 aromatic heterocycles. The molecule has 0 saturated carbocycles. The molecule has 0 unspecified atom stereocenters. The van der Waals surface area contributed by atoms with E-state index in [0.717, 1.165) is 13.1 Å². The van der Waals surface area contributed by atoms with Crippen LogP contribution in [0.4, 0.5) is 11.6 Å². The van der Waals surface area contributed by atoms with E-state index in [0.29, 0.717) is 35.3 Å². The van der Waals surface area contributed by atoms with Crippen LogP contribution >= 0.6 is 11.6 Å². The molecule has 1 saturated heterocycles. The standard InChI is InChI=1S/C17H20ClN5O3/c1-12-19-16(23(25)26)17(21-9-7-20(2)8-10-21)22(12)11-15(24)13-3-5-14(18)6-4-13/h3-6H,7-11H2,1-2H3. The Morgan fingerprint density at radius 1 is 1.23 bits per heavy atom. The number of carbonyl (C=O) groups is 1. The average molecular weight is 378 g/mol. The van der Waals surface area contributed by atoms with Gasteiger partial charge in [0.1, 0.15) is 0 Å². The van der Waals surface area contributed by atoms with Gasteiger partial charge in [-0.1, -0.05) is 11.6 Å². The summed E-state index contributed by atoms with van der Waals surface area (Å²) in [5, 5.41) is 12.0. The molecule has 0 atom stereocenters. The second kappa shape index (κ2) is 7.43. The van der Waals surface area contributed by atoms with Crippen LogP contribution in [0.1, 0.15) is 16.2 Å². The topological polar surface area (TPSA) is 84.5 Å². The van der Waals surface area contributed by atoms with Gasteiger partial charge in [-0.25, -0.2) is 0 Å². The van der Waals surface area contributed by atoms with Crippen molar-refractivity contribution in [3.8, 4) is 0 Å². The first kappa shape index (κ1) is 18.3. The monoisotopic (exact) mass is 377 g/mol. The van der Waals surface area contributed by atoms with E-state index in [1.807, 2.05) is 11.9 Å². The van der Waals surface area contributed by atoms with Gasteiger partial charge in [-0.15, -0.1) is 0 Å². The lowest BCUT2D eigenvalue weighted by Gasteiger charge is -2.33. The van der Waals surface area contributed by atoms with Crippen molar-refractivity contribution in [3.63, 3.8) is 0 Å². The van der Waals surface area contributed by atoms with Crippen LogP contribution in [0.25, 0.3) is 0 Å². The Bertz CT molecular complexity index is 826. The van der Waals surface area contributed by atoms with Crippen LogP contribution in [0, 0.1) is 17.0 Å². The minimum atomic E-state index is -0.482. The second-order valence-electron chi connectivity index (χ2n) is 6.37. The predicted molar refractivity (Wildman–Crippen MR) is 99.1 cm³/mol. The van der Waals surface area contributed by atoms with E-state index in [-0.39, 0.29) is 18.1 Å². The minimum Gasteiger partial charge on any atom is -0.358 e. The van der Waals surface area contributed by atoms with Crippen molar-refractivity contribution < 1.29 is 9.72 Å². The normalized spacial score (nSPS) is 15.3. The fourth-order valence-electron chi connectivity index (χ4n) is 3.05. The Kier molecular flexibility index (Phi) is 5.24. The number of piperazine rings is 1. The number of aromatic nitrogens is 2. The van der Waals surface area contributed by atoms with Crippen molar-refractivity contribution in [2.45, 2.75) is 13.5 Å². The largest absolute Gasteiger partial charge is 0.406 e. The van der Waals surface area contributed by atoms with E-state index in [2.05, 4.69) is 9.88 Å². The number of Topliss-reactive ketones (excluding diaryl/α,β-unsaturated/α-hetero) is 1. The number of nitro groups is 1. The van der Waals surface area contributed by atoms with Crippen LogP contribution in [0.3, 0.4) is 0 Å². The van der Waals surface area contributed by atoms with Crippen LogP contribution in [0.5, 0.6) is 0 Å². The number of likely N-dealkylation sites (N-methyl/N-ethyl adjacent to an activating group) is 1. The van der Waals surface area contributed by atoms with Gasteiger partial charge in [0.2, 0.25) is 11.6 Å². The van der Waals surface area contributed by atoms with Crippen molar-refractivity contribution >= 4 is 29.0 Å². The molecule has 1 aliphatic heterocycles. The summed E-state index contributed by atoms with van der Waals surface area (Å²) in [6.07, 6.45) is 0. The molecule has 0 N–H and O–H groups in total. The highest BCUT2D eigenvalue weighted by Crippen LogP contribution is 2.30. The van der Waals surface area contributed by atoms with Gasteiger partial charge in [-0.2, -0.15) is 0 Å². The summed E-state index contributed by atoms with van der Waals surface area (Å²) in [7, 11) is 2.01. The molecule has 1 fully saturated rings. The van der Waals surface area contributed by atoms with Gasteiger partial charge in [0.15, 0.2) is 5.78 Å². The van der Waals surface area contributed by atoms with Gasteiger partial charge in [0.05, 0.1) is 6.54 Å².